The lowest BCUT2D eigenvalue weighted by molar-refractivity contribution is -0.113. The molecule has 0 saturated heterocycles. The molecular formula is C18H18N4O2S2. The SMILES string of the molecule is CC(=O)c1cccc(NC(=O)CSc2nnc(Cc3cccs3)n2C)c1. The highest BCUT2D eigenvalue weighted by Gasteiger charge is 2.12. The molecule has 0 aliphatic rings. The van der Waals surface area contributed by atoms with Gasteiger partial charge in [0.2, 0.25) is 5.91 Å². The van der Waals surface area contributed by atoms with Gasteiger partial charge in [0, 0.05) is 29.6 Å². The Hall–Kier alpha value is -2.45. The molecule has 0 aliphatic heterocycles. The maximum Gasteiger partial charge on any atom is 0.234 e. The molecule has 2 aromatic heterocycles. The molecule has 3 rings (SSSR count). The van der Waals surface area contributed by atoms with Crippen molar-refractivity contribution in [3.05, 3.63) is 58.0 Å². The van der Waals surface area contributed by atoms with Crippen molar-refractivity contribution in [2.45, 2.75) is 18.5 Å². The zero-order valence-electron chi connectivity index (χ0n) is 14.4. The number of Topliss-reactive ketones (excluding diaryl/α,β-unsaturated/α-hetero) is 1. The first-order valence-electron chi connectivity index (χ1n) is 7.97. The van der Waals surface area contributed by atoms with Gasteiger partial charge in [0.1, 0.15) is 5.82 Å². The first-order chi connectivity index (χ1) is 12.5. The van der Waals surface area contributed by atoms with Gasteiger partial charge in [0.25, 0.3) is 0 Å². The average molecular weight is 387 g/mol. The third-order valence-corrected chi connectivity index (χ3v) is 5.62. The Balaban J connectivity index is 1.57. The quantitative estimate of drug-likeness (QED) is 0.497. The minimum atomic E-state index is -0.154. The Morgan fingerprint density at radius 3 is 2.81 bits per heavy atom. The second-order valence-electron chi connectivity index (χ2n) is 5.69. The zero-order chi connectivity index (χ0) is 18.5. The number of rotatable bonds is 7. The molecule has 8 heteroatoms. The first-order valence-corrected chi connectivity index (χ1v) is 9.84. The predicted octanol–water partition coefficient (Wildman–Crippen LogP) is 3.40. The Kier molecular flexibility index (Phi) is 5.85. The molecule has 1 N–H and O–H groups in total. The molecule has 1 amide bonds. The van der Waals surface area contributed by atoms with Crippen LogP contribution < -0.4 is 5.32 Å². The van der Waals surface area contributed by atoms with Crippen molar-refractivity contribution in [2.75, 3.05) is 11.1 Å². The number of amides is 1. The van der Waals surface area contributed by atoms with Crippen molar-refractivity contribution < 1.29 is 9.59 Å². The molecule has 2 heterocycles. The van der Waals surface area contributed by atoms with E-state index in [0.29, 0.717) is 16.4 Å². The smallest absolute Gasteiger partial charge is 0.234 e. The summed E-state index contributed by atoms with van der Waals surface area (Å²) in [5, 5.41) is 13.9. The normalized spacial score (nSPS) is 10.7. The van der Waals surface area contributed by atoms with Crippen LogP contribution in [0.5, 0.6) is 0 Å². The maximum absolute atomic E-state index is 12.2. The van der Waals surface area contributed by atoms with Gasteiger partial charge in [0.15, 0.2) is 10.9 Å². The highest BCUT2D eigenvalue weighted by Crippen LogP contribution is 2.19. The van der Waals surface area contributed by atoms with E-state index >= 15 is 0 Å². The van der Waals surface area contributed by atoms with Gasteiger partial charge in [-0.2, -0.15) is 0 Å². The third kappa shape index (κ3) is 4.59. The summed E-state index contributed by atoms with van der Waals surface area (Å²) in [5.41, 5.74) is 1.18. The number of hydrogen-bond acceptors (Lipinski definition) is 6. The number of thiophene rings is 1. The Morgan fingerprint density at radius 2 is 2.08 bits per heavy atom. The highest BCUT2D eigenvalue weighted by atomic mass is 32.2. The van der Waals surface area contributed by atoms with E-state index in [1.54, 1.807) is 35.6 Å². The summed E-state index contributed by atoms with van der Waals surface area (Å²) in [6.45, 7) is 1.50. The van der Waals surface area contributed by atoms with Gasteiger partial charge in [-0.15, -0.1) is 21.5 Å². The number of hydrogen-bond donors (Lipinski definition) is 1. The van der Waals surface area contributed by atoms with Crippen LogP contribution in [0.15, 0.2) is 46.9 Å². The molecule has 0 atom stereocenters. The second kappa shape index (κ2) is 8.29. The minimum Gasteiger partial charge on any atom is -0.325 e. The van der Waals surface area contributed by atoms with E-state index in [1.165, 1.54) is 23.6 Å². The van der Waals surface area contributed by atoms with Crippen LogP contribution in [-0.4, -0.2) is 32.2 Å². The van der Waals surface area contributed by atoms with E-state index in [4.69, 9.17) is 0 Å². The fraction of sp³-hybridized carbons (Fsp3) is 0.222. The third-order valence-electron chi connectivity index (χ3n) is 3.72. The van der Waals surface area contributed by atoms with Crippen molar-refractivity contribution in [2.24, 2.45) is 7.05 Å². The fourth-order valence-electron chi connectivity index (χ4n) is 2.34. The monoisotopic (exact) mass is 386 g/mol. The van der Waals surface area contributed by atoms with Gasteiger partial charge >= 0.3 is 0 Å². The Bertz CT molecular complexity index is 919. The number of benzene rings is 1. The molecule has 0 saturated carbocycles. The second-order valence-corrected chi connectivity index (χ2v) is 7.66. The Morgan fingerprint density at radius 1 is 1.23 bits per heavy atom. The molecule has 0 spiro atoms. The van der Waals surface area contributed by atoms with E-state index in [1.807, 2.05) is 23.1 Å². The molecule has 26 heavy (non-hydrogen) atoms. The van der Waals surface area contributed by atoms with Gasteiger partial charge in [-0.25, -0.2) is 0 Å². The van der Waals surface area contributed by atoms with E-state index < -0.39 is 0 Å². The van der Waals surface area contributed by atoms with Crippen molar-refractivity contribution in [3.8, 4) is 0 Å². The predicted molar refractivity (Wildman–Crippen MR) is 104 cm³/mol. The molecule has 0 radical (unpaired) electrons. The zero-order valence-corrected chi connectivity index (χ0v) is 16.1. The molecule has 6 nitrogen and oxygen atoms in total. The molecule has 134 valence electrons. The van der Waals surface area contributed by atoms with Crippen LogP contribution in [-0.2, 0) is 18.3 Å². The minimum absolute atomic E-state index is 0.0344. The van der Waals surface area contributed by atoms with Gasteiger partial charge < -0.3 is 9.88 Å². The van der Waals surface area contributed by atoms with Crippen LogP contribution >= 0.6 is 23.1 Å². The van der Waals surface area contributed by atoms with E-state index in [0.717, 1.165) is 12.2 Å². The fourth-order valence-corrected chi connectivity index (χ4v) is 3.77. The topological polar surface area (TPSA) is 76.9 Å². The molecule has 0 aliphatic carbocycles. The summed E-state index contributed by atoms with van der Waals surface area (Å²) in [5.74, 6) is 0.894. The molecule has 0 bridgehead atoms. The van der Waals surface area contributed by atoms with E-state index in [9.17, 15) is 9.59 Å². The molecule has 0 unspecified atom stereocenters. The molecule has 3 aromatic rings. The summed E-state index contributed by atoms with van der Waals surface area (Å²) in [7, 11) is 1.90. The number of ketones is 1. The van der Waals surface area contributed by atoms with E-state index in [-0.39, 0.29) is 17.4 Å². The number of anilines is 1. The van der Waals surface area contributed by atoms with Gasteiger partial charge in [-0.05, 0) is 30.5 Å². The standard InChI is InChI=1S/C18H18N4O2S2/c1-12(23)13-5-3-6-14(9-13)19-17(24)11-26-18-21-20-16(22(18)2)10-15-7-4-8-25-15/h3-9H,10-11H2,1-2H3,(H,19,24). The number of thioether (sulfide) groups is 1. The van der Waals surface area contributed by atoms with Gasteiger partial charge in [0.05, 0.1) is 5.75 Å². The molecular weight excluding hydrogens is 368 g/mol. The van der Waals surface area contributed by atoms with Crippen LogP contribution in [0.1, 0.15) is 28.0 Å². The summed E-state index contributed by atoms with van der Waals surface area (Å²) in [6.07, 6.45) is 0.728. The maximum atomic E-state index is 12.2. The summed E-state index contributed by atoms with van der Waals surface area (Å²) in [4.78, 5) is 24.8. The lowest BCUT2D eigenvalue weighted by atomic mass is 10.1. The molecule has 0 fully saturated rings. The van der Waals surface area contributed by atoms with Crippen LogP contribution in [0.2, 0.25) is 0 Å². The first kappa shape index (κ1) is 18.3. The van der Waals surface area contributed by atoms with Crippen LogP contribution in [0.25, 0.3) is 0 Å². The number of carbonyl (C=O) groups is 2. The lowest BCUT2D eigenvalue weighted by Gasteiger charge is -2.06. The number of nitrogens with one attached hydrogen (secondary N) is 1. The van der Waals surface area contributed by atoms with Crippen molar-refractivity contribution in [3.63, 3.8) is 0 Å². The largest absolute Gasteiger partial charge is 0.325 e. The molecule has 1 aromatic carbocycles. The van der Waals surface area contributed by atoms with E-state index in [2.05, 4.69) is 21.6 Å². The van der Waals surface area contributed by atoms with Crippen LogP contribution in [0, 0.1) is 0 Å². The van der Waals surface area contributed by atoms with Gasteiger partial charge in [-0.1, -0.05) is 30.0 Å². The van der Waals surface area contributed by atoms with Crippen LogP contribution in [0.3, 0.4) is 0 Å². The summed E-state index contributed by atoms with van der Waals surface area (Å²) >= 11 is 3.01. The van der Waals surface area contributed by atoms with Crippen molar-refractivity contribution >= 4 is 40.5 Å². The Labute approximate surface area is 159 Å². The number of carbonyl (C=O) groups excluding carboxylic acids is 2. The van der Waals surface area contributed by atoms with Crippen molar-refractivity contribution in [1.82, 2.24) is 14.8 Å². The summed E-state index contributed by atoms with van der Waals surface area (Å²) in [6, 6.07) is 11.0. The van der Waals surface area contributed by atoms with Crippen molar-refractivity contribution in [1.29, 1.82) is 0 Å². The van der Waals surface area contributed by atoms with Crippen LogP contribution in [0.4, 0.5) is 5.69 Å². The number of nitrogens with zero attached hydrogens (tertiary/aromatic N) is 3. The van der Waals surface area contributed by atoms with Gasteiger partial charge in [-0.3, -0.25) is 9.59 Å². The number of aromatic nitrogens is 3. The lowest BCUT2D eigenvalue weighted by Crippen LogP contribution is -2.14. The highest BCUT2D eigenvalue weighted by molar-refractivity contribution is 7.99. The summed E-state index contributed by atoms with van der Waals surface area (Å²) < 4.78 is 1.91. The average Bonchev–Trinajstić information content (AvgIpc) is 3.25.